The number of aliphatic hydroxyl groups is 2. The van der Waals surface area contributed by atoms with E-state index in [1.54, 1.807) is 0 Å². The van der Waals surface area contributed by atoms with Gasteiger partial charge >= 0.3 is 5.97 Å². The highest BCUT2D eigenvalue weighted by atomic mass is 16.5. The Labute approximate surface area is 402 Å². The summed E-state index contributed by atoms with van der Waals surface area (Å²) in [6.45, 7) is 6.33. The zero-order valence-electron chi connectivity index (χ0n) is 42.6. The minimum atomic E-state index is -0.803. The molecule has 65 heavy (non-hydrogen) atoms. The molecule has 0 saturated carbocycles. The van der Waals surface area contributed by atoms with E-state index in [2.05, 4.69) is 111 Å². The number of rotatable bonds is 48. The molecule has 0 rings (SSSR count). The molecular formula is C59H103NO5. The van der Waals surface area contributed by atoms with Gasteiger partial charge in [0.25, 0.3) is 0 Å². The molecule has 0 saturated heterocycles. The van der Waals surface area contributed by atoms with E-state index >= 15 is 0 Å². The van der Waals surface area contributed by atoms with Crippen molar-refractivity contribution in [3.05, 3.63) is 85.1 Å². The molecule has 3 unspecified atom stereocenters. The van der Waals surface area contributed by atoms with Gasteiger partial charge in [-0.1, -0.05) is 228 Å². The van der Waals surface area contributed by atoms with Crippen LogP contribution in [0, 0.1) is 0 Å². The highest BCUT2D eigenvalue weighted by Gasteiger charge is 2.24. The van der Waals surface area contributed by atoms with Gasteiger partial charge in [0, 0.05) is 6.42 Å². The lowest BCUT2D eigenvalue weighted by Gasteiger charge is -2.24. The standard InChI is InChI=1S/C59H103NO5/c1-4-7-10-13-16-19-22-25-27-29-31-33-35-38-41-44-47-50-55(65-59(64)52-49-46-43-40-37-34-32-30-28-26-23-20-17-14-11-8-5-2)53-58(63)60-56(54-61)57(62)51-48-45-42-39-36-24-21-18-15-12-9-6-3/h8,11,16-17,19-20,25-28,32,34,40,43,55-57,61-62H,4-7,9-10,12-15,18,21-24,29-31,33,35-39,41-42,44-54H2,1-3H3,(H,60,63)/b11-8-,19-16-,20-17-,27-25-,28-26-,34-32-,43-40-. The van der Waals surface area contributed by atoms with E-state index in [1.165, 1.54) is 109 Å². The van der Waals surface area contributed by atoms with Crippen molar-refractivity contribution in [3.8, 4) is 0 Å². The van der Waals surface area contributed by atoms with Crippen molar-refractivity contribution in [1.29, 1.82) is 0 Å². The van der Waals surface area contributed by atoms with Crippen LogP contribution in [0.1, 0.15) is 252 Å². The Kier molecular flexibility index (Phi) is 49.6. The number of hydrogen-bond acceptors (Lipinski definition) is 5. The van der Waals surface area contributed by atoms with Crippen LogP contribution < -0.4 is 5.32 Å². The number of carbonyl (C=O) groups is 2. The maximum Gasteiger partial charge on any atom is 0.306 e. The van der Waals surface area contributed by atoms with Crippen LogP contribution in [0.15, 0.2) is 85.1 Å². The maximum atomic E-state index is 13.2. The molecule has 0 heterocycles. The fraction of sp³-hybridized carbons (Fsp3) is 0.729. The second kappa shape index (κ2) is 52.0. The van der Waals surface area contributed by atoms with Crippen molar-refractivity contribution in [2.45, 2.75) is 270 Å². The third kappa shape index (κ3) is 47.3. The lowest BCUT2D eigenvalue weighted by atomic mass is 10.0. The van der Waals surface area contributed by atoms with E-state index in [4.69, 9.17) is 4.74 Å². The van der Waals surface area contributed by atoms with E-state index in [1.807, 2.05) is 0 Å². The number of aliphatic hydroxyl groups excluding tert-OH is 2. The average molecular weight is 906 g/mol. The lowest BCUT2D eigenvalue weighted by molar-refractivity contribution is -0.151. The topological polar surface area (TPSA) is 95.9 Å². The van der Waals surface area contributed by atoms with Crippen molar-refractivity contribution in [3.63, 3.8) is 0 Å². The highest BCUT2D eigenvalue weighted by Crippen LogP contribution is 2.17. The van der Waals surface area contributed by atoms with Crippen LogP contribution in [-0.2, 0) is 14.3 Å². The number of nitrogens with one attached hydrogen (secondary N) is 1. The molecule has 374 valence electrons. The predicted octanol–water partition coefficient (Wildman–Crippen LogP) is 16.7. The van der Waals surface area contributed by atoms with Crippen LogP contribution in [0.2, 0.25) is 0 Å². The monoisotopic (exact) mass is 906 g/mol. The van der Waals surface area contributed by atoms with Gasteiger partial charge in [0.05, 0.1) is 25.2 Å². The highest BCUT2D eigenvalue weighted by molar-refractivity contribution is 5.77. The number of esters is 1. The molecular weight excluding hydrogens is 803 g/mol. The van der Waals surface area contributed by atoms with Gasteiger partial charge < -0.3 is 20.3 Å². The SMILES string of the molecule is CC/C=C\C/C=C\C/C=C\C/C=C\C/C=C\CCCC(=O)OC(CCCCCCCCC/C=C\C/C=C\CCCCC)CC(=O)NC(CO)C(O)CCCCCCCCCCCCCC. The van der Waals surface area contributed by atoms with Gasteiger partial charge in [-0.3, -0.25) is 9.59 Å². The summed E-state index contributed by atoms with van der Waals surface area (Å²) >= 11 is 0. The molecule has 6 heteroatoms. The van der Waals surface area contributed by atoms with Gasteiger partial charge in [-0.05, 0) is 96.3 Å². The molecule has 0 aromatic rings. The Hall–Kier alpha value is -2.96. The number of allylic oxidation sites excluding steroid dienone is 14. The van der Waals surface area contributed by atoms with Crippen molar-refractivity contribution < 1.29 is 24.5 Å². The second-order valence-electron chi connectivity index (χ2n) is 18.2. The Balaban J connectivity index is 4.70. The summed E-state index contributed by atoms with van der Waals surface area (Å²) in [5.41, 5.74) is 0. The summed E-state index contributed by atoms with van der Waals surface area (Å²) in [5, 5.41) is 23.8. The van der Waals surface area contributed by atoms with Crippen molar-refractivity contribution in [1.82, 2.24) is 5.32 Å². The van der Waals surface area contributed by atoms with E-state index in [0.29, 0.717) is 25.7 Å². The zero-order valence-corrected chi connectivity index (χ0v) is 42.6. The van der Waals surface area contributed by atoms with Gasteiger partial charge in [-0.2, -0.15) is 0 Å². The second-order valence-corrected chi connectivity index (χ2v) is 18.2. The first-order valence-electron chi connectivity index (χ1n) is 27.3. The number of ether oxygens (including phenoxy) is 1. The van der Waals surface area contributed by atoms with Crippen molar-refractivity contribution >= 4 is 11.9 Å². The van der Waals surface area contributed by atoms with Crippen LogP contribution in [0.4, 0.5) is 0 Å². The molecule has 6 nitrogen and oxygen atoms in total. The number of unbranched alkanes of at least 4 members (excludes halogenated alkanes) is 22. The zero-order chi connectivity index (χ0) is 47.4. The molecule has 0 fully saturated rings. The number of amides is 1. The maximum absolute atomic E-state index is 13.2. The van der Waals surface area contributed by atoms with Gasteiger partial charge in [0.15, 0.2) is 0 Å². The molecule has 3 N–H and O–H groups in total. The normalized spacial score (nSPS) is 13.9. The number of carbonyl (C=O) groups excluding carboxylic acids is 2. The minimum Gasteiger partial charge on any atom is -0.462 e. The predicted molar refractivity (Wildman–Crippen MR) is 282 cm³/mol. The summed E-state index contributed by atoms with van der Waals surface area (Å²) in [5.74, 6) is -0.552. The van der Waals surface area contributed by atoms with Crippen LogP contribution in [-0.4, -0.2) is 46.9 Å². The first-order chi connectivity index (χ1) is 32.0. The van der Waals surface area contributed by atoms with Gasteiger partial charge in [-0.25, -0.2) is 0 Å². The fourth-order valence-corrected chi connectivity index (χ4v) is 7.85. The van der Waals surface area contributed by atoms with E-state index in [9.17, 15) is 19.8 Å². The van der Waals surface area contributed by atoms with Crippen LogP contribution in [0.3, 0.4) is 0 Å². The summed E-state index contributed by atoms with van der Waals surface area (Å²) in [7, 11) is 0. The molecule has 0 spiro atoms. The minimum absolute atomic E-state index is 0.0461. The summed E-state index contributed by atoms with van der Waals surface area (Å²) in [6, 6.07) is -0.720. The third-order valence-corrected chi connectivity index (χ3v) is 12.0. The van der Waals surface area contributed by atoms with E-state index in [-0.39, 0.29) is 24.9 Å². The first kappa shape index (κ1) is 62.0. The molecule has 0 bridgehead atoms. The van der Waals surface area contributed by atoms with Crippen LogP contribution in [0.5, 0.6) is 0 Å². The Morgan fingerprint density at radius 1 is 0.462 bits per heavy atom. The van der Waals surface area contributed by atoms with Crippen LogP contribution >= 0.6 is 0 Å². The molecule has 0 radical (unpaired) electrons. The fourth-order valence-electron chi connectivity index (χ4n) is 7.85. The molecule has 0 aliphatic carbocycles. The summed E-state index contributed by atoms with van der Waals surface area (Å²) < 4.78 is 5.92. The number of hydrogen-bond donors (Lipinski definition) is 3. The lowest BCUT2D eigenvalue weighted by Crippen LogP contribution is -2.46. The summed E-state index contributed by atoms with van der Waals surface area (Å²) in [6.07, 6.45) is 67.9. The van der Waals surface area contributed by atoms with Crippen molar-refractivity contribution in [2.24, 2.45) is 0 Å². The van der Waals surface area contributed by atoms with Crippen LogP contribution in [0.25, 0.3) is 0 Å². The van der Waals surface area contributed by atoms with E-state index < -0.39 is 18.2 Å². The Morgan fingerprint density at radius 2 is 0.831 bits per heavy atom. The molecule has 0 aliphatic rings. The average Bonchev–Trinajstić information content (AvgIpc) is 3.30. The Morgan fingerprint density at radius 3 is 1.29 bits per heavy atom. The molecule has 1 amide bonds. The van der Waals surface area contributed by atoms with Crippen molar-refractivity contribution in [2.75, 3.05) is 6.61 Å². The Bertz CT molecular complexity index is 1250. The van der Waals surface area contributed by atoms with E-state index in [0.717, 1.165) is 89.9 Å². The van der Waals surface area contributed by atoms with Gasteiger partial charge in [-0.15, -0.1) is 0 Å². The molecule has 3 atom stereocenters. The first-order valence-corrected chi connectivity index (χ1v) is 27.3. The molecule has 0 aromatic heterocycles. The third-order valence-electron chi connectivity index (χ3n) is 12.0. The van der Waals surface area contributed by atoms with Gasteiger partial charge in [0.1, 0.15) is 6.10 Å². The summed E-state index contributed by atoms with van der Waals surface area (Å²) in [4.78, 5) is 26.2. The molecule has 0 aromatic carbocycles. The smallest absolute Gasteiger partial charge is 0.306 e. The largest absolute Gasteiger partial charge is 0.462 e. The van der Waals surface area contributed by atoms with Gasteiger partial charge in [0.2, 0.25) is 5.91 Å². The molecule has 0 aliphatic heterocycles. The quantitative estimate of drug-likeness (QED) is 0.0321.